The van der Waals surface area contributed by atoms with Crippen molar-refractivity contribution in [1.82, 2.24) is 4.98 Å². The molecule has 13 heavy (non-hydrogen) atoms. The second-order valence-electron chi connectivity index (χ2n) is 2.66. The molecule has 0 radical (unpaired) electrons. The average molecular weight is 239 g/mol. The van der Waals surface area contributed by atoms with Gasteiger partial charge in [-0.2, -0.15) is 0 Å². The fraction of sp³-hybridized carbons (Fsp3) is 0.300. The topological polar surface area (TPSA) is 24.9 Å². The molecule has 0 aromatic carbocycles. The third-order valence-corrected chi connectivity index (χ3v) is 2.09. The van der Waals surface area contributed by atoms with E-state index in [4.69, 9.17) is 6.42 Å². The molecule has 1 unspecified atom stereocenters. The van der Waals surface area contributed by atoms with Crippen LogP contribution in [0, 0.1) is 12.3 Å². The predicted octanol–water partition coefficient (Wildman–Crippen LogP) is 2.67. The normalized spacial score (nSPS) is 11.8. The van der Waals surface area contributed by atoms with Crippen molar-refractivity contribution in [3.63, 3.8) is 0 Å². The van der Waals surface area contributed by atoms with Crippen LogP contribution in [0.15, 0.2) is 22.9 Å². The average Bonchev–Trinajstić information content (AvgIpc) is 2.14. The number of terminal acetylenes is 1. The Labute approximate surface area is 86.9 Å². The summed E-state index contributed by atoms with van der Waals surface area (Å²) in [4.78, 5) is 4.03. The monoisotopic (exact) mass is 238 g/mol. The van der Waals surface area contributed by atoms with Crippen LogP contribution < -0.4 is 5.32 Å². The van der Waals surface area contributed by atoms with Gasteiger partial charge in [0, 0.05) is 10.7 Å². The maximum Gasteiger partial charge on any atom is 0.0872 e. The van der Waals surface area contributed by atoms with Crippen LogP contribution in [0.4, 0.5) is 5.69 Å². The highest BCUT2D eigenvalue weighted by Gasteiger charge is 2.01. The minimum atomic E-state index is 0.0797. The van der Waals surface area contributed by atoms with Crippen molar-refractivity contribution in [2.45, 2.75) is 19.4 Å². The number of pyridine rings is 1. The number of hydrogen-bond acceptors (Lipinski definition) is 2. The number of aromatic nitrogens is 1. The Balaban J connectivity index is 2.69. The van der Waals surface area contributed by atoms with Gasteiger partial charge in [-0.3, -0.25) is 4.98 Å². The highest BCUT2D eigenvalue weighted by Crippen LogP contribution is 2.14. The lowest BCUT2D eigenvalue weighted by molar-refractivity contribution is 0.856. The Bertz CT molecular complexity index is 317. The van der Waals surface area contributed by atoms with Crippen LogP contribution in [0.3, 0.4) is 0 Å². The molecular weight excluding hydrogens is 228 g/mol. The van der Waals surface area contributed by atoms with Gasteiger partial charge in [0.15, 0.2) is 0 Å². The minimum Gasteiger partial charge on any atom is -0.370 e. The maximum absolute atomic E-state index is 5.32. The second kappa shape index (κ2) is 4.88. The highest BCUT2D eigenvalue weighted by atomic mass is 79.9. The first kappa shape index (κ1) is 10.1. The summed E-state index contributed by atoms with van der Waals surface area (Å²) in [5.74, 6) is 2.67. The van der Waals surface area contributed by atoms with Crippen LogP contribution in [0.25, 0.3) is 0 Å². The summed E-state index contributed by atoms with van der Waals surface area (Å²) < 4.78 is 0.948. The summed E-state index contributed by atoms with van der Waals surface area (Å²) in [5.41, 5.74) is 0.944. The molecule has 0 aliphatic rings. The summed E-state index contributed by atoms with van der Waals surface area (Å²) in [6.07, 6.45) is 9.72. The lowest BCUT2D eigenvalue weighted by atomic mass is 10.2. The summed E-state index contributed by atoms with van der Waals surface area (Å²) in [6, 6.07) is 2.03. The van der Waals surface area contributed by atoms with Gasteiger partial charge >= 0.3 is 0 Å². The van der Waals surface area contributed by atoms with Crippen LogP contribution in [0.1, 0.15) is 13.3 Å². The Hall–Kier alpha value is -1.01. The Kier molecular flexibility index (Phi) is 3.78. The van der Waals surface area contributed by atoms with Crippen molar-refractivity contribution in [2.75, 3.05) is 5.32 Å². The van der Waals surface area contributed by atoms with Gasteiger partial charge in [-0.05, 0) is 28.4 Å². The third-order valence-electron chi connectivity index (χ3n) is 1.66. The van der Waals surface area contributed by atoms with E-state index in [1.807, 2.05) is 13.0 Å². The van der Waals surface area contributed by atoms with Gasteiger partial charge in [0.05, 0.1) is 17.9 Å². The van der Waals surface area contributed by atoms with Crippen LogP contribution in [0.5, 0.6) is 0 Å². The van der Waals surface area contributed by atoms with E-state index in [0.717, 1.165) is 16.6 Å². The quantitative estimate of drug-likeness (QED) is 0.820. The molecule has 2 nitrogen and oxygen atoms in total. The van der Waals surface area contributed by atoms with E-state index in [-0.39, 0.29) is 6.04 Å². The zero-order chi connectivity index (χ0) is 9.68. The van der Waals surface area contributed by atoms with Crippen molar-refractivity contribution < 1.29 is 0 Å². The lowest BCUT2D eigenvalue weighted by Gasteiger charge is -2.11. The molecule has 1 N–H and O–H groups in total. The van der Waals surface area contributed by atoms with Crippen molar-refractivity contribution in [2.24, 2.45) is 0 Å². The highest BCUT2D eigenvalue weighted by molar-refractivity contribution is 9.10. The number of nitrogens with zero attached hydrogens (tertiary/aromatic N) is 1. The fourth-order valence-corrected chi connectivity index (χ4v) is 1.32. The van der Waals surface area contributed by atoms with E-state index in [0.29, 0.717) is 0 Å². The number of halogens is 1. The van der Waals surface area contributed by atoms with Gasteiger partial charge in [0.25, 0.3) is 0 Å². The predicted molar refractivity (Wildman–Crippen MR) is 58.5 cm³/mol. The number of anilines is 1. The summed E-state index contributed by atoms with van der Waals surface area (Å²) in [5, 5.41) is 3.19. The molecule has 3 heteroatoms. The molecule has 0 saturated heterocycles. The van der Waals surface area contributed by atoms with Crippen molar-refractivity contribution in [3.8, 4) is 12.3 Å². The first-order valence-electron chi connectivity index (χ1n) is 4.09. The Morgan fingerprint density at radius 2 is 2.46 bits per heavy atom. The zero-order valence-electron chi connectivity index (χ0n) is 7.42. The van der Waals surface area contributed by atoms with Gasteiger partial charge < -0.3 is 5.32 Å². The largest absolute Gasteiger partial charge is 0.370 e. The van der Waals surface area contributed by atoms with Crippen molar-refractivity contribution in [1.29, 1.82) is 0 Å². The summed E-state index contributed by atoms with van der Waals surface area (Å²) in [6.45, 7) is 2.04. The standard InChI is InChI=1S/C10H11BrN2/c1-3-9(4-2)13-10-5-8(11)6-12-7-10/h1,5-7,9,13H,4H2,2H3. The molecule has 1 heterocycles. The smallest absolute Gasteiger partial charge is 0.0872 e. The number of hydrogen-bond donors (Lipinski definition) is 1. The van der Waals surface area contributed by atoms with E-state index >= 15 is 0 Å². The van der Waals surface area contributed by atoms with E-state index < -0.39 is 0 Å². The van der Waals surface area contributed by atoms with Gasteiger partial charge in [-0.1, -0.05) is 12.8 Å². The van der Waals surface area contributed by atoms with E-state index in [9.17, 15) is 0 Å². The van der Waals surface area contributed by atoms with Gasteiger partial charge in [-0.15, -0.1) is 6.42 Å². The van der Waals surface area contributed by atoms with Crippen LogP contribution in [0.2, 0.25) is 0 Å². The van der Waals surface area contributed by atoms with Gasteiger partial charge in [-0.25, -0.2) is 0 Å². The molecule has 0 bridgehead atoms. The van der Waals surface area contributed by atoms with E-state index in [1.165, 1.54) is 0 Å². The molecule has 1 atom stereocenters. The van der Waals surface area contributed by atoms with E-state index in [1.54, 1.807) is 12.4 Å². The molecule has 1 aromatic rings. The van der Waals surface area contributed by atoms with Gasteiger partial charge in [0.2, 0.25) is 0 Å². The fourth-order valence-electron chi connectivity index (χ4n) is 0.954. The number of nitrogens with one attached hydrogen (secondary N) is 1. The molecule has 0 saturated carbocycles. The molecular formula is C10H11BrN2. The molecule has 0 fully saturated rings. The van der Waals surface area contributed by atoms with E-state index in [2.05, 4.69) is 32.2 Å². The maximum atomic E-state index is 5.32. The summed E-state index contributed by atoms with van der Waals surface area (Å²) >= 11 is 3.34. The molecule has 68 valence electrons. The second-order valence-corrected chi connectivity index (χ2v) is 3.58. The molecule has 0 amide bonds. The minimum absolute atomic E-state index is 0.0797. The Morgan fingerprint density at radius 1 is 1.69 bits per heavy atom. The molecule has 1 aromatic heterocycles. The number of rotatable bonds is 3. The van der Waals surface area contributed by atoms with Crippen LogP contribution >= 0.6 is 15.9 Å². The lowest BCUT2D eigenvalue weighted by Crippen LogP contribution is -2.15. The SMILES string of the molecule is C#CC(CC)Nc1cncc(Br)c1. The van der Waals surface area contributed by atoms with Crippen molar-refractivity contribution in [3.05, 3.63) is 22.9 Å². The van der Waals surface area contributed by atoms with Crippen LogP contribution in [-0.4, -0.2) is 11.0 Å². The third kappa shape index (κ3) is 3.08. The first-order chi connectivity index (χ1) is 6.26. The molecule has 0 aliphatic heterocycles. The molecule has 0 aliphatic carbocycles. The molecule has 1 rings (SSSR count). The first-order valence-corrected chi connectivity index (χ1v) is 4.88. The molecule has 0 spiro atoms. The summed E-state index contributed by atoms with van der Waals surface area (Å²) in [7, 11) is 0. The van der Waals surface area contributed by atoms with Crippen LogP contribution in [-0.2, 0) is 0 Å². The Morgan fingerprint density at radius 3 is 3.00 bits per heavy atom. The van der Waals surface area contributed by atoms with Crippen molar-refractivity contribution >= 4 is 21.6 Å². The van der Waals surface area contributed by atoms with Gasteiger partial charge in [0.1, 0.15) is 0 Å². The zero-order valence-corrected chi connectivity index (χ0v) is 9.01.